The van der Waals surface area contributed by atoms with E-state index in [9.17, 15) is 13.2 Å². The summed E-state index contributed by atoms with van der Waals surface area (Å²) in [6, 6.07) is 12.5. The predicted octanol–water partition coefficient (Wildman–Crippen LogP) is 3.37. The molecule has 2 fully saturated rings. The number of aryl methyl sites for hydroxylation is 1. The number of benzene rings is 2. The fourth-order valence-electron chi connectivity index (χ4n) is 4.62. The van der Waals surface area contributed by atoms with Gasteiger partial charge in [-0.05, 0) is 55.7 Å². The fourth-order valence-corrected chi connectivity index (χ4v) is 6.91. The van der Waals surface area contributed by atoms with Crippen LogP contribution in [0.25, 0.3) is 10.2 Å². The Morgan fingerprint density at radius 2 is 1.89 bits per heavy atom. The van der Waals surface area contributed by atoms with Crippen molar-refractivity contribution in [2.75, 3.05) is 51.3 Å². The minimum absolute atomic E-state index is 0.0546. The molecule has 186 valence electrons. The van der Waals surface area contributed by atoms with Crippen molar-refractivity contribution >= 4 is 42.6 Å². The monoisotopic (exact) mass is 514 g/mol. The number of carbonyl (C=O) groups is 1. The van der Waals surface area contributed by atoms with E-state index in [4.69, 9.17) is 9.72 Å². The lowest BCUT2D eigenvalue weighted by atomic mass is 10.2. The Hall–Kier alpha value is -2.53. The fraction of sp³-hybridized carbons (Fsp3) is 0.440. The standard InChI is InChI=1S/C25H30N4O4S2/c1-18-5-3-7-22-23(18)26-25(34-22)29-14-12-28(13-15-29)24(30)19-8-10-21(11-9-19)35(31,32)27(2)17-20-6-4-16-33-20/h3,5,7-11,20H,4,6,12-17H2,1-2H3. The van der Waals surface area contributed by atoms with Gasteiger partial charge in [-0.3, -0.25) is 4.79 Å². The number of anilines is 1. The molecular weight excluding hydrogens is 484 g/mol. The normalized spacial score (nSPS) is 19.1. The van der Waals surface area contributed by atoms with E-state index in [1.807, 2.05) is 4.90 Å². The van der Waals surface area contributed by atoms with E-state index in [0.717, 1.165) is 23.5 Å². The van der Waals surface area contributed by atoms with E-state index in [1.165, 1.54) is 26.7 Å². The van der Waals surface area contributed by atoms with Crippen molar-refractivity contribution in [1.29, 1.82) is 0 Å². The molecule has 2 aliphatic heterocycles. The lowest BCUT2D eigenvalue weighted by Crippen LogP contribution is -2.48. The Kier molecular flexibility index (Phi) is 6.80. The van der Waals surface area contributed by atoms with Crippen LogP contribution in [0.1, 0.15) is 28.8 Å². The molecule has 0 aliphatic carbocycles. The molecule has 2 saturated heterocycles. The third-order valence-electron chi connectivity index (χ3n) is 6.74. The summed E-state index contributed by atoms with van der Waals surface area (Å²) in [6.45, 7) is 5.71. The van der Waals surface area contributed by atoms with Gasteiger partial charge in [0.1, 0.15) is 0 Å². The number of hydrogen-bond acceptors (Lipinski definition) is 7. The number of ether oxygens (including phenoxy) is 1. The van der Waals surface area contributed by atoms with Crippen LogP contribution in [0.2, 0.25) is 0 Å². The molecule has 35 heavy (non-hydrogen) atoms. The van der Waals surface area contributed by atoms with Gasteiger partial charge in [0, 0.05) is 51.9 Å². The number of para-hydroxylation sites is 1. The second-order valence-electron chi connectivity index (χ2n) is 9.14. The van der Waals surface area contributed by atoms with E-state index in [1.54, 1.807) is 30.5 Å². The van der Waals surface area contributed by atoms with Crippen molar-refractivity contribution in [3.8, 4) is 0 Å². The van der Waals surface area contributed by atoms with Crippen LogP contribution in [-0.4, -0.2) is 81.0 Å². The number of nitrogens with zero attached hydrogens (tertiary/aromatic N) is 4. The summed E-state index contributed by atoms with van der Waals surface area (Å²) < 4.78 is 33.9. The quantitative estimate of drug-likeness (QED) is 0.502. The highest BCUT2D eigenvalue weighted by Crippen LogP contribution is 2.31. The third-order valence-corrected chi connectivity index (χ3v) is 9.66. The van der Waals surface area contributed by atoms with E-state index in [0.29, 0.717) is 44.9 Å². The van der Waals surface area contributed by atoms with Gasteiger partial charge in [-0.15, -0.1) is 0 Å². The van der Waals surface area contributed by atoms with Crippen LogP contribution in [0.15, 0.2) is 47.4 Å². The molecule has 8 nitrogen and oxygen atoms in total. The van der Waals surface area contributed by atoms with Crippen LogP contribution in [0, 0.1) is 6.92 Å². The first-order valence-electron chi connectivity index (χ1n) is 11.9. The second kappa shape index (κ2) is 9.85. The lowest BCUT2D eigenvalue weighted by molar-refractivity contribution is 0.0746. The Labute approximate surface area is 210 Å². The Balaban J connectivity index is 1.21. The smallest absolute Gasteiger partial charge is 0.253 e. The van der Waals surface area contributed by atoms with Crippen molar-refractivity contribution in [3.63, 3.8) is 0 Å². The minimum Gasteiger partial charge on any atom is -0.377 e. The summed E-state index contributed by atoms with van der Waals surface area (Å²) in [5.74, 6) is -0.0820. The molecule has 1 amide bonds. The van der Waals surface area contributed by atoms with Crippen LogP contribution in [-0.2, 0) is 14.8 Å². The van der Waals surface area contributed by atoms with Crippen LogP contribution >= 0.6 is 11.3 Å². The number of rotatable bonds is 6. The highest BCUT2D eigenvalue weighted by atomic mass is 32.2. The molecule has 1 aromatic heterocycles. The van der Waals surface area contributed by atoms with Gasteiger partial charge >= 0.3 is 0 Å². The molecule has 3 heterocycles. The first-order valence-corrected chi connectivity index (χ1v) is 14.2. The predicted molar refractivity (Wildman–Crippen MR) is 138 cm³/mol. The van der Waals surface area contributed by atoms with E-state index in [2.05, 4.69) is 30.0 Å². The maximum Gasteiger partial charge on any atom is 0.253 e. The number of aromatic nitrogens is 1. The molecule has 0 bridgehead atoms. The zero-order chi connectivity index (χ0) is 24.6. The first-order chi connectivity index (χ1) is 16.8. The lowest BCUT2D eigenvalue weighted by Gasteiger charge is -2.34. The molecule has 0 radical (unpaired) electrons. The number of thiazole rings is 1. The maximum absolute atomic E-state index is 13.1. The Bertz CT molecular complexity index is 1310. The van der Waals surface area contributed by atoms with Gasteiger partial charge in [-0.1, -0.05) is 23.5 Å². The van der Waals surface area contributed by atoms with Gasteiger partial charge in [0.2, 0.25) is 10.0 Å². The van der Waals surface area contributed by atoms with Gasteiger partial charge in [-0.25, -0.2) is 13.4 Å². The van der Waals surface area contributed by atoms with Crippen LogP contribution < -0.4 is 4.90 Å². The first kappa shape index (κ1) is 24.2. The van der Waals surface area contributed by atoms with E-state index in [-0.39, 0.29) is 16.9 Å². The number of carbonyl (C=O) groups excluding carboxylic acids is 1. The van der Waals surface area contributed by atoms with Gasteiger partial charge in [0.25, 0.3) is 5.91 Å². The van der Waals surface area contributed by atoms with E-state index >= 15 is 0 Å². The molecular formula is C25H30N4O4S2. The zero-order valence-corrected chi connectivity index (χ0v) is 21.6. The van der Waals surface area contributed by atoms with Crippen molar-refractivity contribution in [2.24, 2.45) is 0 Å². The number of sulfonamides is 1. The zero-order valence-electron chi connectivity index (χ0n) is 20.0. The van der Waals surface area contributed by atoms with Crippen LogP contribution in [0.3, 0.4) is 0 Å². The van der Waals surface area contributed by atoms with Crippen LogP contribution in [0.5, 0.6) is 0 Å². The molecule has 0 spiro atoms. The molecule has 0 N–H and O–H groups in total. The van der Waals surface area contributed by atoms with Crippen molar-refractivity contribution in [3.05, 3.63) is 53.6 Å². The molecule has 1 atom stereocenters. The molecule has 2 aromatic carbocycles. The summed E-state index contributed by atoms with van der Waals surface area (Å²) in [7, 11) is -2.06. The average Bonchev–Trinajstić information content (AvgIpc) is 3.54. The average molecular weight is 515 g/mol. The highest BCUT2D eigenvalue weighted by molar-refractivity contribution is 7.89. The molecule has 5 rings (SSSR count). The minimum atomic E-state index is -3.63. The summed E-state index contributed by atoms with van der Waals surface area (Å²) in [5, 5.41) is 0.989. The largest absolute Gasteiger partial charge is 0.377 e. The Morgan fingerprint density at radius 3 is 2.54 bits per heavy atom. The second-order valence-corrected chi connectivity index (χ2v) is 12.2. The number of likely N-dealkylation sites (N-methyl/N-ethyl adjacent to an activating group) is 1. The molecule has 10 heteroatoms. The van der Waals surface area contributed by atoms with Gasteiger partial charge in [0.05, 0.1) is 21.2 Å². The Morgan fingerprint density at radius 1 is 1.14 bits per heavy atom. The number of amides is 1. The highest BCUT2D eigenvalue weighted by Gasteiger charge is 2.27. The number of hydrogen-bond donors (Lipinski definition) is 0. The van der Waals surface area contributed by atoms with Gasteiger partial charge in [0.15, 0.2) is 5.13 Å². The van der Waals surface area contributed by atoms with Crippen LogP contribution in [0.4, 0.5) is 5.13 Å². The summed E-state index contributed by atoms with van der Waals surface area (Å²) in [6.07, 6.45) is 1.78. The van der Waals surface area contributed by atoms with Crippen molar-refractivity contribution in [2.45, 2.75) is 30.8 Å². The summed E-state index contributed by atoms with van der Waals surface area (Å²) in [5.41, 5.74) is 2.71. The topological polar surface area (TPSA) is 83.1 Å². The number of piperazine rings is 1. The molecule has 2 aliphatic rings. The van der Waals surface area contributed by atoms with Gasteiger partial charge < -0.3 is 14.5 Å². The SMILES string of the molecule is Cc1cccc2sc(N3CCN(C(=O)c4ccc(S(=O)(=O)N(C)CC5CCCO5)cc4)CC3)nc12. The van der Waals surface area contributed by atoms with Crippen molar-refractivity contribution < 1.29 is 17.9 Å². The molecule has 1 unspecified atom stereocenters. The maximum atomic E-state index is 13.1. The molecule has 3 aromatic rings. The summed E-state index contributed by atoms with van der Waals surface area (Å²) >= 11 is 1.68. The third kappa shape index (κ3) is 4.93. The number of fused-ring (bicyclic) bond motifs is 1. The molecule has 0 saturated carbocycles. The van der Waals surface area contributed by atoms with E-state index < -0.39 is 10.0 Å². The summed E-state index contributed by atoms with van der Waals surface area (Å²) in [4.78, 5) is 22.1. The van der Waals surface area contributed by atoms with Crippen molar-refractivity contribution in [1.82, 2.24) is 14.2 Å². The van der Waals surface area contributed by atoms with Gasteiger partial charge in [-0.2, -0.15) is 4.31 Å².